The monoisotopic (exact) mass is 211 g/mol. The smallest absolute Gasteiger partial charge is 0.341 e. The number of hydrogen-bond acceptors (Lipinski definition) is 4. The molecule has 3 nitrogen and oxygen atoms in total. The van der Waals surface area contributed by atoms with Crippen LogP contribution in [-0.4, -0.2) is 19.3 Å². The summed E-state index contributed by atoms with van der Waals surface area (Å²) in [6, 6.07) is 8.78. The maximum Gasteiger partial charge on any atom is 0.341 e. The van der Waals surface area contributed by atoms with E-state index in [0.29, 0.717) is 5.56 Å². The van der Waals surface area contributed by atoms with Gasteiger partial charge in [-0.1, -0.05) is 30.0 Å². The predicted molar refractivity (Wildman–Crippen MR) is 55.6 cm³/mol. The van der Waals surface area contributed by atoms with E-state index in [9.17, 15) is 4.79 Å². The Morgan fingerprint density at radius 3 is 2.43 bits per heavy atom. The van der Waals surface area contributed by atoms with Crippen LogP contribution in [0.2, 0.25) is 0 Å². The van der Waals surface area contributed by atoms with Crippen LogP contribution in [0.5, 0.6) is 0 Å². The first-order chi connectivity index (χ1) is 6.77. The number of thioether (sulfide) groups is 1. The van der Waals surface area contributed by atoms with Gasteiger partial charge in [0.25, 0.3) is 0 Å². The van der Waals surface area contributed by atoms with Gasteiger partial charge in [-0.3, -0.25) is 0 Å². The maximum atomic E-state index is 11.4. The first-order valence-corrected chi connectivity index (χ1v) is 5.22. The summed E-state index contributed by atoms with van der Waals surface area (Å²) in [5.74, 6) is -0.406. The minimum absolute atomic E-state index is 0.249. The zero-order chi connectivity index (χ0) is 10.4. The molecule has 0 saturated heterocycles. The molecule has 0 bridgehead atoms. The predicted octanol–water partition coefficient (Wildman–Crippen LogP) is 2.30. The van der Waals surface area contributed by atoms with E-state index >= 15 is 0 Å². The number of benzene rings is 1. The fourth-order valence-electron chi connectivity index (χ4n) is 0.876. The van der Waals surface area contributed by atoms with Crippen LogP contribution in [0.4, 0.5) is 0 Å². The van der Waals surface area contributed by atoms with Gasteiger partial charge in [0, 0.05) is 7.11 Å². The van der Waals surface area contributed by atoms with Crippen LogP contribution in [-0.2, 0) is 9.47 Å². The highest BCUT2D eigenvalue weighted by Crippen LogP contribution is 2.19. The van der Waals surface area contributed by atoms with Crippen molar-refractivity contribution in [2.75, 3.05) is 13.4 Å². The molecule has 1 radical (unpaired) electrons. The molecule has 1 aromatic carbocycles. The molecule has 0 atom stereocenters. The third-order valence-electron chi connectivity index (χ3n) is 1.52. The van der Waals surface area contributed by atoms with Crippen LogP contribution in [0.25, 0.3) is 0 Å². The third-order valence-corrected chi connectivity index (χ3v) is 2.10. The van der Waals surface area contributed by atoms with Gasteiger partial charge < -0.3 is 9.47 Å². The van der Waals surface area contributed by atoms with E-state index in [2.05, 4.69) is 0 Å². The van der Waals surface area contributed by atoms with E-state index in [-0.39, 0.29) is 5.62 Å². The highest BCUT2D eigenvalue weighted by Gasteiger charge is 2.15. The van der Waals surface area contributed by atoms with Crippen molar-refractivity contribution in [3.63, 3.8) is 0 Å². The molecule has 0 saturated carbocycles. The Bertz CT molecular complexity index is 283. The highest BCUT2D eigenvalue weighted by atomic mass is 32.2. The molecule has 0 aromatic heterocycles. The quantitative estimate of drug-likeness (QED) is 0.716. The van der Waals surface area contributed by atoms with E-state index in [1.165, 1.54) is 18.9 Å². The summed E-state index contributed by atoms with van der Waals surface area (Å²) in [6.45, 7) is 0. The van der Waals surface area contributed by atoms with Crippen molar-refractivity contribution in [1.29, 1.82) is 0 Å². The largest absolute Gasteiger partial charge is 0.412 e. The average molecular weight is 211 g/mol. The molecule has 0 fully saturated rings. The molecule has 75 valence electrons. The lowest BCUT2D eigenvalue weighted by atomic mass is 10.2. The second kappa shape index (κ2) is 5.67. The Labute approximate surface area is 87.4 Å². The van der Waals surface area contributed by atoms with Crippen LogP contribution in [0, 0.1) is 5.62 Å². The molecule has 1 aromatic rings. The standard InChI is InChI=1S/C10H11O3S/c1-12-10(14-2)13-9(11)8-6-4-3-5-7-8/h3-7H,1-2H3. The van der Waals surface area contributed by atoms with Crippen molar-refractivity contribution in [2.45, 2.75) is 0 Å². The lowest BCUT2D eigenvalue weighted by Gasteiger charge is -2.10. The molecule has 1 rings (SSSR count). The van der Waals surface area contributed by atoms with Crippen molar-refractivity contribution in [3.05, 3.63) is 41.5 Å². The van der Waals surface area contributed by atoms with E-state index in [0.717, 1.165) is 0 Å². The summed E-state index contributed by atoms with van der Waals surface area (Å²) in [6.07, 6.45) is 1.77. The van der Waals surface area contributed by atoms with Crippen molar-refractivity contribution in [2.24, 2.45) is 0 Å². The van der Waals surface area contributed by atoms with Crippen LogP contribution in [0.15, 0.2) is 30.3 Å². The normalized spacial score (nSPS) is 10.2. The molecule has 0 aliphatic carbocycles. The first-order valence-electron chi connectivity index (χ1n) is 4.00. The minimum Gasteiger partial charge on any atom is -0.412 e. The molecule has 0 aliphatic heterocycles. The second-order valence-electron chi connectivity index (χ2n) is 2.41. The Morgan fingerprint density at radius 2 is 1.93 bits per heavy atom. The molecular formula is C10H11O3S. The van der Waals surface area contributed by atoms with Gasteiger partial charge in [-0.15, -0.1) is 0 Å². The molecule has 0 spiro atoms. The molecule has 4 heteroatoms. The molecule has 0 N–H and O–H groups in total. The SMILES string of the molecule is CO[C](OC(=O)c1ccccc1)SC. The fourth-order valence-corrected chi connectivity index (χ4v) is 1.20. The van der Waals surface area contributed by atoms with Crippen LogP contribution in [0.1, 0.15) is 10.4 Å². The molecule has 0 unspecified atom stereocenters. The number of rotatable bonds is 4. The first kappa shape index (κ1) is 11.1. The number of ether oxygens (including phenoxy) is 2. The summed E-state index contributed by atoms with van der Waals surface area (Å²) in [7, 11) is 1.46. The number of carbonyl (C=O) groups excluding carboxylic acids is 1. The van der Waals surface area contributed by atoms with Crippen molar-refractivity contribution >= 4 is 17.7 Å². The summed E-state index contributed by atoms with van der Waals surface area (Å²) in [5.41, 5.74) is 0.759. The number of esters is 1. The summed E-state index contributed by atoms with van der Waals surface area (Å²) >= 11 is 1.24. The molecule has 14 heavy (non-hydrogen) atoms. The van der Waals surface area contributed by atoms with Gasteiger partial charge >= 0.3 is 11.6 Å². The Hall–Kier alpha value is -1.00. The van der Waals surface area contributed by atoms with E-state index in [1.807, 2.05) is 6.07 Å². The third kappa shape index (κ3) is 3.05. The molecule has 0 heterocycles. The summed E-state index contributed by atoms with van der Waals surface area (Å²) in [5, 5.41) is 0. The Morgan fingerprint density at radius 1 is 1.29 bits per heavy atom. The van der Waals surface area contributed by atoms with Crippen molar-refractivity contribution in [1.82, 2.24) is 0 Å². The number of carbonyl (C=O) groups is 1. The number of methoxy groups -OCH3 is 1. The van der Waals surface area contributed by atoms with Gasteiger partial charge in [-0.2, -0.15) is 0 Å². The molecule has 0 aliphatic rings. The van der Waals surface area contributed by atoms with E-state index in [1.54, 1.807) is 30.5 Å². The summed E-state index contributed by atoms with van der Waals surface area (Å²) < 4.78 is 9.78. The average Bonchev–Trinajstić information content (AvgIpc) is 2.26. The summed E-state index contributed by atoms with van der Waals surface area (Å²) in [4.78, 5) is 11.4. The van der Waals surface area contributed by atoms with Gasteiger partial charge in [0.2, 0.25) is 0 Å². The topological polar surface area (TPSA) is 35.5 Å². The number of hydrogen-bond donors (Lipinski definition) is 0. The maximum absolute atomic E-state index is 11.4. The lowest BCUT2D eigenvalue weighted by Crippen LogP contribution is -2.09. The highest BCUT2D eigenvalue weighted by molar-refractivity contribution is 8.01. The van der Waals surface area contributed by atoms with Crippen LogP contribution < -0.4 is 0 Å². The van der Waals surface area contributed by atoms with Gasteiger partial charge in [0.05, 0.1) is 5.56 Å². The minimum atomic E-state index is -0.406. The van der Waals surface area contributed by atoms with Gasteiger partial charge in [0.1, 0.15) is 0 Å². The van der Waals surface area contributed by atoms with Gasteiger partial charge in [-0.25, -0.2) is 4.79 Å². The fraction of sp³-hybridized carbons (Fsp3) is 0.200. The Kier molecular flexibility index (Phi) is 4.49. The zero-order valence-electron chi connectivity index (χ0n) is 8.02. The Balaban J connectivity index is 2.59. The van der Waals surface area contributed by atoms with Gasteiger partial charge in [0.15, 0.2) is 0 Å². The van der Waals surface area contributed by atoms with E-state index in [4.69, 9.17) is 9.47 Å². The van der Waals surface area contributed by atoms with Gasteiger partial charge in [-0.05, 0) is 18.4 Å². The zero-order valence-corrected chi connectivity index (χ0v) is 8.84. The second-order valence-corrected chi connectivity index (χ2v) is 3.16. The van der Waals surface area contributed by atoms with Crippen molar-refractivity contribution < 1.29 is 14.3 Å². The van der Waals surface area contributed by atoms with Crippen LogP contribution in [0.3, 0.4) is 0 Å². The molecule has 0 amide bonds. The van der Waals surface area contributed by atoms with E-state index < -0.39 is 5.97 Å². The lowest BCUT2D eigenvalue weighted by molar-refractivity contribution is 0.0213. The van der Waals surface area contributed by atoms with Crippen LogP contribution >= 0.6 is 11.8 Å². The molecular weight excluding hydrogens is 200 g/mol. The van der Waals surface area contributed by atoms with Crippen molar-refractivity contribution in [3.8, 4) is 0 Å².